The maximum atomic E-state index is 13.9. The topological polar surface area (TPSA) is 364 Å². The standard InChI is InChI=1S/C41H31N9O15S3/c1-65-29-11-6-25(7-12-29)45-49-40-38(68(62,63)64)17-22-16-30(66(56,57)58)21-34(39(22)41(40)53)48-47-32-14-9-27(19-36(32)52)42-26-8-13-31(35(51)18-26)46-44-24-4-2-23(3-5-24)43-33-15-10-28(50(54)55)20-37(33)67(59,60)61/h2-21,42-45,48H,1H3,(H,56,57,58)(H,59,60,61)(H,62,63,64). The summed E-state index contributed by atoms with van der Waals surface area (Å²) in [6.07, 6.45) is 8.60. The zero-order valence-corrected chi connectivity index (χ0v) is 36.8. The minimum Gasteiger partial charge on any atom is -0.497 e. The summed E-state index contributed by atoms with van der Waals surface area (Å²) in [5, 5.41) is 28.8. The predicted octanol–water partition coefficient (Wildman–Crippen LogP) is 4.60. The van der Waals surface area contributed by atoms with E-state index in [0.717, 1.165) is 36.4 Å². The van der Waals surface area contributed by atoms with Gasteiger partial charge in [-0.25, -0.2) is 0 Å². The molecule has 4 aromatic rings. The summed E-state index contributed by atoms with van der Waals surface area (Å²) in [6.45, 7) is 0. The van der Waals surface area contributed by atoms with Gasteiger partial charge in [-0.15, -0.1) is 0 Å². The molecule has 8 N–H and O–H groups in total. The quantitative estimate of drug-likeness (QED) is 0.0349. The number of nitro benzene ring substituents is 1. The Labute approximate surface area is 384 Å². The van der Waals surface area contributed by atoms with Gasteiger partial charge in [0.1, 0.15) is 27.0 Å². The molecule has 0 saturated carbocycles. The highest BCUT2D eigenvalue weighted by molar-refractivity contribution is 7.91. The molecule has 0 fully saturated rings. The van der Waals surface area contributed by atoms with Gasteiger partial charge in [-0.05, 0) is 103 Å². The maximum Gasteiger partial charge on any atom is 0.296 e. The molecular weight excluding hydrogens is 955 g/mol. The van der Waals surface area contributed by atoms with E-state index in [-0.39, 0.29) is 45.3 Å². The number of Topliss-reactive ketones (excluding diaryl/α,β-unsaturated/α-hetero) is 1. The second kappa shape index (κ2) is 18.8. The maximum absolute atomic E-state index is 13.9. The predicted molar refractivity (Wildman–Crippen MR) is 247 cm³/mol. The summed E-state index contributed by atoms with van der Waals surface area (Å²) >= 11 is 0. The lowest BCUT2D eigenvalue weighted by molar-refractivity contribution is -0.385. The minimum atomic E-state index is -5.16. The molecular formula is C41H31N9O15S3. The van der Waals surface area contributed by atoms with Crippen LogP contribution in [0.15, 0.2) is 157 Å². The SMILES string of the molecule is COc1ccc(NN=C2C(=O)c3c(cc(S(=O)(=O)O)cc3NN=C3C=CC(NC4=CC(=O)C(=NNc5ccc(Nc6ccc([N+](=O)[O-])cc6S(=O)(=O)O)cc5)C=C4)=CC3=O)C=C2S(=O)(=O)O)cc1. The second-order valence-corrected chi connectivity index (χ2v) is 18.3. The number of nitrogens with one attached hydrogen (secondary N) is 5. The molecule has 0 saturated heterocycles. The number of allylic oxidation sites excluding steroid dienone is 7. The molecule has 4 aromatic carbocycles. The number of hydrogen-bond donors (Lipinski definition) is 8. The molecule has 3 aliphatic rings. The smallest absolute Gasteiger partial charge is 0.296 e. The Kier molecular flexibility index (Phi) is 13.1. The van der Waals surface area contributed by atoms with Crippen LogP contribution in [0.25, 0.3) is 6.08 Å². The van der Waals surface area contributed by atoms with Gasteiger partial charge in [0.25, 0.3) is 36.0 Å². The van der Waals surface area contributed by atoms with Crippen molar-refractivity contribution in [2.45, 2.75) is 9.79 Å². The van der Waals surface area contributed by atoms with Crippen LogP contribution in [-0.2, 0) is 39.9 Å². The van der Waals surface area contributed by atoms with Crippen LogP contribution in [0.1, 0.15) is 15.9 Å². The molecule has 24 nitrogen and oxygen atoms in total. The van der Waals surface area contributed by atoms with Crippen LogP contribution >= 0.6 is 0 Å². The lowest BCUT2D eigenvalue weighted by atomic mass is 9.93. The van der Waals surface area contributed by atoms with Crippen molar-refractivity contribution in [1.29, 1.82) is 0 Å². The van der Waals surface area contributed by atoms with Crippen LogP contribution in [0.3, 0.4) is 0 Å². The molecule has 0 aromatic heterocycles. The van der Waals surface area contributed by atoms with Crippen molar-refractivity contribution in [2.75, 3.05) is 28.7 Å². The van der Waals surface area contributed by atoms with Gasteiger partial charge in [-0.2, -0.15) is 40.6 Å². The molecule has 0 radical (unpaired) electrons. The Morgan fingerprint density at radius 3 is 1.69 bits per heavy atom. The number of benzene rings is 4. The van der Waals surface area contributed by atoms with Gasteiger partial charge in [0.2, 0.25) is 17.3 Å². The lowest BCUT2D eigenvalue weighted by Crippen LogP contribution is -2.28. The van der Waals surface area contributed by atoms with Gasteiger partial charge in [0.05, 0.1) is 45.2 Å². The third-order valence-electron chi connectivity index (χ3n) is 9.50. The number of ketones is 3. The fourth-order valence-electron chi connectivity index (χ4n) is 6.28. The number of rotatable bonds is 15. The van der Waals surface area contributed by atoms with Crippen LogP contribution < -0.4 is 31.6 Å². The van der Waals surface area contributed by atoms with E-state index >= 15 is 0 Å². The van der Waals surface area contributed by atoms with Crippen LogP contribution in [0.5, 0.6) is 5.75 Å². The molecule has 27 heteroatoms. The summed E-state index contributed by atoms with van der Waals surface area (Å²) in [5.74, 6) is -1.90. The summed E-state index contributed by atoms with van der Waals surface area (Å²) < 4.78 is 108. The Hall–Kier alpha value is -8.47. The summed E-state index contributed by atoms with van der Waals surface area (Å²) in [6, 6.07) is 16.6. The highest BCUT2D eigenvalue weighted by Gasteiger charge is 2.36. The van der Waals surface area contributed by atoms with E-state index in [1.54, 1.807) is 12.1 Å². The van der Waals surface area contributed by atoms with Crippen molar-refractivity contribution in [3.05, 3.63) is 153 Å². The fraction of sp³-hybridized carbons (Fsp3) is 0.0244. The number of fused-ring (bicyclic) bond motifs is 1. The average molecular weight is 986 g/mol. The molecule has 3 aliphatic carbocycles. The highest BCUT2D eigenvalue weighted by atomic mass is 32.2. The van der Waals surface area contributed by atoms with Gasteiger partial charge in [-0.1, -0.05) is 0 Å². The molecule has 0 atom stereocenters. The largest absolute Gasteiger partial charge is 0.497 e. The van der Waals surface area contributed by atoms with E-state index in [9.17, 15) is 63.4 Å². The van der Waals surface area contributed by atoms with Crippen LogP contribution in [0.2, 0.25) is 0 Å². The molecule has 68 heavy (non-hydrogen) atoms. The average Bonchev–Trinajstić information content (AvgIpc) is 3.27. The first-order chi connectivity index (χ1) is 32.1. The summed E-state index contributed by atoms with van der Waals surface area (Å²) in [4.78, 5) is 47.8. The van der Waals surface area contributed by atoms with E-state index in [4.69, 9.17) is 4.74 Å². The molecule has 0 spiro atoms. The van der Waals surface area contributed by atoms with Crippen molar-refractivity contribution in [3.8, 4) is 5.75 Å². The summed E-state index contributed by atoms with van der Waals surface area (Å²) in [5.41, 5.74) is 6.22. The van der Waals surface area contributed by atoms with Crippen LogP contribution in [0.4, 0.5) is 34.1 Å². The first-order valence-electron chi connectivity index (χ1n) is 18.9. The number of carbonyl (C=O) groups is 3. The van der Waals surface area contributed by atoms with Gasteiger partial charge in [-0.3, -0.25) is 54.4 Å². The Balaban J connectivity index is 1.02. The number of non-ortho nitro benzene ring substituents is 1. The van der Waals surface area contributed by atoms with Gasteiger partial charge < -0.3 is 15.4 Å². The molecule has 7 rings (SSSR count). The van der Waals surface area contributed by atoms with Crippen molar-refractivity contribution >= 4 is 105 Å². The Morgan fingerprint density at radius 1 is 0.603 bits per heavy atom. The first-order valence-corrected chi connectivity index (χ1v) is 23.2. The molecule has 0 bridgehead atoms. The number of ether oxygens (including phenoxy) is 1. The van der Waals surface area contributed by atoms with E-state index in [0.29, 0.717) is 23.2 Å². The number of methoxy groups -OCH3 is 1. The second-order valence-electron chi connectivity index (χ2n) is 14.1. The van der Waals surface area contributed by atoms with Gasteiger partial charge in [0.15, 0.2) is 5.71 Å². The van der Waals surface area contributed by atoms with E-state index in [1.807, 2.05) is 0 Å². The lowest BCUT2D eigenvalue weighted by Gasteiger charge is -2.20. The number of carbonyl (C=O) groups excluding carboxylic acids is 3. The molecule has 348 valence electrons. The Morgan fingerprint density at radius 2 is 1.16 bits per heavy atom. The monoisotopic (exact) mass is 985 g/mol. The highest BCUT2D eigenvalue weighted by Crippen LogP contribution is 2.34. The minimum absolute atomic E-state index is 0.0125. The normalized spacial score (nSPS) is 16.7. The van der Waals surface area contributed by atoms with E-state index < -0.39 is 84.4 Å². The molecule has 0 amide bonds. The zero-order valence-electron chi connectivity index (χ0n) is 34.3. The number of hydrazone groups is 3. The van der Waals surface area contributed by atoms with Gasteiger partial charge >= 0.3 is 0 Å². The number of anilines is 5. The third kappa shape index (κ3) is 11.0. The van der Waals surface area contributed by atoms with Crippen LogP contribution in [0, 0.1) is 10.1 Å². The van der Waals surface area contributed by atoms with Crippen molar-refractivity contribution in [3.63, 3.8) is 0 Å². The molecule has 0 heterocycles. The third-order valence-corrected chi connectivity index (χ3v) is 12.1. The Bertz CT molecular complexity index is 3450. The first kappa shape index (κ1) is 47.5. The van der Waals surface area contributed by atoms with Crippen LogP contribution in [-0.4, -0.2) is 85.4 Å². The number of nitrogens with zero attached hydrogens (tertiary/aromatic N) is 4. The van der Waals surface area contributed by atoms with Crippen molar-refractivity contribution in [1.82, 2.24) is 5.32 Å². The van der Waals surface area contributed by atoms with Crippen molar-refractivity contribution in [2.24, 2.45) is 15.3 Å². The van der Waals surface area contributed by atoms with Gasteiger partial charge in [0, 0.05) is 41.4 Å². The molecule has 0 aliphatic heterocycles. The van der Waals surface area contributed by atoms with Crippen molar-refractivity contribution < 1.29 is 63.0 Å². The molecule has 0 unspecified atom stereocenters. The van der Waals surface area contributed by atoms with E-state index in [1.165, 1.54) is 73.9 Å². The number of hydrogen-bond acceptors (Lipinski definition) is 20. The summed E-state index contributed by atoms with van der Waals surface area (Å²) in [7, 11) is -13.5. The number of nitro groups is 1. The zero-order chi connectivity index (χ0) is 49.1. The van der Waals surface area contributed by atoms with E-state index in [2.05, 4.69) is 42.2 Å². The fourth-order valence-corrected chi connectivity index (χ4v) is 8.14.